The van der Waals surface area contributed by atoms with Crippen LogP contribution in [0.3, 0.4) is 0 Å². The van der Waals surface area contributed by atoms with Crippen LogP contribution in [0.2, 0.25) is 0 Å². The van der Waals surface area contributed by atoms with Gasteiger partial charge in [-0.2, -0.15) is 0 Å². The molecule has 0 saturated carbocycles. The van der Waals surface area contributed by atoms with Crippen LogP contribution in [0.15, 0.2) is 5.38 Å². The normalized spacial score (nSPS) is 12.5. The molecule has 0 aromatic carbocycles. The van der Waals surface area contributed by atoms with Crippen LogP contribution in [-0.2, 0) is 26.4 Å². The third-order valence-corrected chi connectivity index (χ3v) is 5.32. The van der Waals surface area contributed by atoms with E-state index in [-0.39, 0.29) is 12.2 Å². The highest BCUT2D eigenvalue weighted by Crippen LogP contribution is 2.09. The van der Waals surface area contributed by atoms with E-state index < -0.39 is 37.3 Å². The van der Waals surface area contributed by atoms with Crippen molar-refractivity contribution in [1.29, 1.82) is 0 Å². The summed E-state index contributed by atoms with van der Waals surface area (Å²) in [4.78, 5) is 14.3. The van der Waals surface area contributed by atoms with Gasteiger partial charge >= 0.3 is 5.97 Å². The molecule has 0 fully saturated rings. The van der Waals surface area contributed by atoms with Gasteiger partial charge in [0.25, 0.3) is 0 Å². The van der Waals surface area contributed by atoms with E-state index in [1.165, 1.54) is 5.38 Å². The molecule has 0 aliphatic heterocycles. The molecular formula is C8H12N2O6S3. The number of nitrogens with zero attached hydrogens (tertiary/aromatic N) is 1. The van der Waals surface area contributed by atoms with Gasteiger partial charge < -0.3 is 5.11 Å². The number of aromatic carboxylic acids is 1. The standard InChI is InChI=1S/C8H12N2O6S3/c1-18(13,14)2-3-19(15,16)9-4-7-10-6(5-17-7)8(11)12/h5,9H,2-4H2,1H3,(H,11,12). The molecule has 11 heteroatoms. The Balaban J connectivity index is 2.57. The van der Waals surface area contributed by atoms with Crippen LogP contribution in [0.1, 0.15) is 15.5 Å². The van der Waals surface area contributed by atoms with E-state index in [9.17, 15) is 21.6 Å². The van der Waals surface area contributed by atoms with Crippen LogP contribution in [-0.4, -0.2) is 50.7 Å². The number of nitrogens with one attached hydrogen (secondary N) is 1. The van der Waals surface area contributed by atoms with Crippen LogP contribution in [0.4, 0.5) is 0 Å². The molecular weight excluding hydrogens is 316 g/mol. The Kier molecular flexibility index (Phi) is 5.01. The second-order valence-electron chi connectivity index (χ2n) is 3.70. The van der Waals surface area contributed by atoms with Gasteiger partial charge in [0.2, 0.25) is 10.0 Å². The highest BCUT2D eigenvalue weighted by molar-refractivity contribution is 7.93. The summed E-state index contributed by atoms with van der Waals surface area (Å²) < 4.78 is 46.8. The van der Waals surface area contributed by atoms with Crippen molar-refractivity contribution in [1.82, 2.24) is 9.71 Å². The van der Waals surface area contributed by atoms with Gasteiger partial charge in [-0.3, -0.25) is 0 Å². The Hall–Kier alpha value is -1.04. The molecule has 108 valence electrons. The monoisotopic (exact) mass is 328 g/mol. The van der Waals surface area contributed by atoms with Crippen molar-refractivity contribution < 1.29 is 26.7 Å². The Morgan fingerprint density at radius 1 is 1.37 bits per heavy atom. The molecule has 19 heavy (non-hydrogen) atoms. The fourth-order valence-corrected chi connectivity index (χ4v) is 4.38. The van der Waals surface area contributed by atoms with Crippen LogP contribution in [0.25, 0.3) is 0 Å². The van der Waals surface area contributed by atoms with Gasteiger partial charge in [0.1, 0.15) is 14.8 Å². The predicted molar refractivity (Wildman–Crippen MR) is 69.4 cm³/mol. The van der Waals surface area contributed by atoms with Gasteiger partial charge in [0.15, 0.2) is 5.69 Å². The van der Waals surface area contributed by atoms with Gasteiger partial charge in [-0.25, -0.2) is 31.3 Å². The average molecular weight is 328 g/mol. The summed E-state index contributed by atoms with van der Waals surface area (Å²) in [5.74, 6) is -2.20. The van der Waals surface area contributed by atoms with Crippen LogP contribution < -0.4 is 4.72 Å². The minimum atomic E-state index is -3.73. The average Bonchev–Trinajstić information content (AvgIpc) is 2.72. The van der Waals surface area contributed by atoms with E-state index in [2.05, 4.69) is 9.71 Å². The molecule has 0 unspecified atom stereocenters. The number of aromatic nitrogens is 1. The minimum Gasteiger partial charge on any atom is -0.476 e. The Labute approximate surface area is 114 Å². The van der Waals surface area contributed by atoms with Gasteiger partial charge in [-0.1, -0.05) is 0 Å². The molecule has 1 aromatic rings. The molecule has 0 radical (unpaired) electrons. The van der Waals surface area contributed by atoms with Gasteiger partial charge in [-0.15, -0.1) is 11.3 Å². The maximum atomic E-state index is 11.5. The number of carbonyl (C=O) groups is 1. The second kappa shape index (κ2) is 5.94. The molecule has 8 nitrogen and oxygen atoms in total. The molecule has 0 spiro atoms. The van der Waals surface area contributed by atoms with Crippen molar-refractivity contribution in [3.05, 3.63) is 16.1 Å². The lowest BCUT2D eigenvalue weighted by Crippen LogP contribution is -2.29. The topological polar surface area (TPSA) is 130 Å². The Bertz CT molecular complexity index is 660. The number of hydrogen-bond acceptors (Lipinski definition) is 7. The third-order valence-electron chi connectivity index (χ3n) is 1.94. The maximum Gasteiger partial charge on any atom is 0.355 e. The number of rotatable bonds is 7. The molecule has 0 aliphatic carbocycles. The molecule has 0 amide bonds. The van der Waals surface area contributed by atoms with E-state index >= 15 is 0 Å². The van der Waals surface area contributed by atoms with Gasteiger partial charge in [0, 0.05) is 11.6 Å². The van der Waals surface area contributed by atoms with Crippen LogP contribution in [0, 0.1) is 0 Å². The molecule has 2 N–H and O–H groups in total. The van der Waals surface area contributed by atoms with E-state index in [0.29, 0.717) is 5.01 Å². The first-order valence-corrected chi connectivity index (χ1v) is 9.51. The molecule has 0 saturated heterocycles. The van der Waals surface area contributed by atoms with Crippen molar-refractivity contribution in [3.63, 3.8) is 0 Å². The molecule has 0 bridgehead atoms. The number of thiazole rings is 1. The Morgan fingerprint density at radius 3 is 2.47 bits per heavy atom. The first-order valence-electron chi connectivity index (χ1n) is 4.92. The van der Waals surface area contributed by atoms with Crippen molar-refractivity contribution in [3.8, 4) is 0 Å². The molecule has 0 atom stereocenters. The van der Waals surface area contributed by atoms with Crippen molar-refractivity contribution >= 4 is 37.2 Å². The Morgan fingerprint density at radius 2 is 2.00 bits per heavy atom. The lowest BCUT2D eigenvalue weighted by molar-refractivity contribution is 0.0691. The van der Waals surface area contributed by atoms with E-state index in [1.807, 2.05) is 0 Å². The first kappa shape index (κ1) is 16.0. The van der Waals surface area contributed by atoms with Crippen molar-refractivity contribution in [2.75, 3.05) is 17.8 Å². The van der Waals surface area contributed by atoms with Crippen LogP contribution >= 0.6 is 11.3 Å². The predicted octanol–water partition coefficient (Wildman–Crippen LogP) is -0.695. The SMILES string of the molecule is CS(=O)(=O)CCS(=O)(=O)NCc1nc(C(=O)O)cs1. The third kappa shape index (κ3) is 6.09. The number of sulfonamides is 1. The highest BCUT2D eigenvalue weighted by Gasteiger charge is 2.15. The maximum absolute atomic E-state index is 11.5. The molecule has 1 rings (SSSR count). The summed E-state index contributed by atoms with van der Waals surface area (Å²) in [5.41, 5.74) is -0.157. The second-order valence-corrected chi connectivity index (χ2v) is 8.83. The number of sulfone groups is 1. The van der Waals surface area contributed by atoms with Crippen molar-refractivity contribution in [2.24, 2.45) is 0 Å². The number of carboxylic acids is 1. The summed E-state index contributed by atoms with van der Waals surface area (Å²) in [6, 6.07) is 0. The lowest BCUT2D eigenvalue weighted by atomic mass is 10.5. The smallest absolute Gasteiger partial charge is 0.355 e. The summed E-state index contributed by atoms with van der Waals surface area (Å²) in [6.45, 7) is -0.163. The summed E-state index contributed by atoms with van der Waals surface area (Å²) in [6.07, 6.45) is 0.947. The molecule has 1 aromatic heterocycles. The van der Waals surface area contributed by atoms with Crippen molar-refractivity contribution in [2.45, 2.75) is 6.54 Å². The van der Waals surface area contributed by atoms with Gasteiger partial charge in [-0.05, 0) is 0 Å². The van der Waals surface area contributed by atoms with E-state index in [4.69, 9.17) is 5.11 Å². The number of hydrogen-bond donors (Lipinski definition) is 2. The fourth-order valence-electron chi connectivity index (χ4n) is 0.995. The molecule has 0 aliphatic rings. The van der Waals surface area contributed by atoms with E-state index in [0.717, 1.165) is 17.6 Å². The zero-order valence-electron chi connectivity index (χ0n) is 9.86. The molecule has 1 heterocycles. The zero-order valence-corrected chi connectivity index (χ0v) is 12.3. The van der Waals surface area contributed by atoms with E-state index in [1.54, 1.807) is 0 Å². The zero-order chi connectivity index (χ0) is 14.7. The minimum absolute atomic E-state index is 0.157. The largest absolute Gasteiger partial charge is 0.476 e. The number of carboxylic acid groups (broad SMARTS) is 1. The summed E-state index contributed by atoms with van der Waals surface area (Å²) in [7, 11) is -7.09. The van der Waals surface area contributed by atoms with Gasteiger partial charge in [0.05, 0.1) is 18.1 Å². The summed E-state index contributed by atoms with van der Waals surface area (Å²) in [5, 5.41) is 10.2. The lowest BCUT2D eigenvalue weighted by Gasteiger charge is -2.03. The first-order chi connectivity index (χ1) is 8.59. The summed E-state index contributed by atoms with van der Waals surface area (Å²) >= 11 is 1.01. The highest BCUT2D eigenvalue weighted by atomic mass is 32.2. The van der Waals surface area contributed by atoms with Crippen LogP contribution in [0.5, 0.6) is 0 Å². The quantitative estimate of drug-likeness (QED) is 0.677. The fraction of sp³-hybridized carbons (Fsp3) is 0.500.